The normalized spacial score (nSPS) is 12.8. The van der Waals surface area contributed by atoms with Crippen LogP contribution in [-0.2, 0) is 13.6 Å². The zero-order chi connectivity index (χ0) is 21.3. The van der Waals surface area contributed by atoms with E-state index in [9.17, 15) is 22.8 Å². The van der Waals surface area contributed by atoms with Crippen LogP contribution in [0.1, 0.15) is 22.8 Å². The molecule has 3 aromatic rings. The van der Waals surface area contributed by atoms with E-state index in [1.807, 2.05) is 0 Å². The van der Waals surface area contributed by atoms with Gasteiger partial charge in [0.05, 0.1) is 11.0 Å². The summed E-state index contributed by atoms with van der Waals surface area (Å²) in [5.41, 5.74) is 1.99. The van der Waals surface area contributed by atoms with Crippen LogP contribution in [0.4, 0.5) is 19.0 Å². The van der Waals surface area contributed by atoms with Crippen molar-refractivity contribution in [2.75, 3.05) is 11.9 Å². The van der Waals surface area contributed by atoms with Crippen LogP contribution in [0.2, 0.25) is 0 Å². The first-order valence-corrected chi connectivity index (χ1v) is 8.79. The van der Waals surface area contributed by atoms with Gasteiger partial charge in [0.25, 0.3) is 5.91 Å². The summed E-state index contributed by atoms with van der Waals surface area (Å²) < 4.78 is 39.9. The summed E-state index contributed by atoms with van der Waals surface area (Å²) in [6.07, 6.45) is -2.93. The predicted octanol–water partition coefficient (Wildman–Crippen LogP) is 2.58. The molecule has 2 heterocycles. The maximum atomic E-state index is 12.8. The summed E-state index contributed by atoms with van der Waals surface area (Å²) in [5, 5.41) is 2.73. The minimum Gasteiger partial charge on any atom is -0.348 e. The Kier molecular flexibility index (Phi) is 5.36. The molecule has 0 bridgehead atoms. The maximum Gasteiger partial charge on any atom is 0.408 e. The van der Waals surface area contributed by atoms with Crippen molar-refractivity contribution in [2.45, 2.75) is 25.7 Å². The number of halogens is 3. The highest BCUT2D eigenvalue weighted by molar-refractivity contribution is 5.97. The average molecular weight is 407 g/mol. The van der Waals surface area contributed by atoms with Gasteiger partial charge < -0.3 is 15.2 Å². The number of nitrogens with zero attached hydrogens (tertiary/aromatic N) is 3. The Labute approximate surface area is 164 Å². The van der Waals surface area contributed by atoms with Crippen molar-refractivity contribution in [1.29, 1.82) is 0 Å². The topological polar surface area (TPSA) is 83.0 Å². The molecule has 0 aliphatic heterocycles. The van der Waals surface area contributed by atoms with Crippen LogP contribution in [0.25, 0.3) is 11.0 Å². The fourth-order valence-electron chi connectivity index (χ4n) is 2.81. The number of pyridine rings is 1. The number of hydrogen-bond donors (Lipinski definition) is 2. The van der Waals surface area contributed by atoms with Crippen LogP contribution in [0, 0.1) is 0 Å². The van der Waals surface area contributed by atoms with Gasteiger partial charge in [-0.2, -0.15) is 13.2 Å². The summed E-state index contributed by atoms with van der Waals surface area (Å²) in [5.74, 6) is -0.160. The fourth-order valence-corrected chi connectivity index (χ4v) is 2.81. The van der Waals surface area contributed by atoms with Gasteiger partial charge in [0.2, 0.25) is 0 Å². The van der Waals surface area contributed by atoms with E-state index < -0.39 is 12.2 Å². The number of fused-ring (bicyclic) bond motifs is 1. The molecule has 154 valence electrons. The molecule has 1 amide bonds. The van der Waals surface area contributed by atoms with E-state index in [2.05, 4.69) is 15.3 Å². The zero-order valence-corrected chi connectivity index (χ0v) is 16.0. The second-order valence-electron chi connectivity index (χ2n) is 6.76. The molecule has 2 N–H and O–H groups in total. The standard InChI is InChI=1S/C19H20F3N5O2/c1-11(19(20,21)22)26(2)16-7-4-12(9-23-16)10-24-17(28)13-5-6-15-14(8-13)25-18(29)27(15)3/h4-9,11H,10H2,1-3H3,(H,24,28)(H,25,29). The second kappa shape index (κ2) is 7.61. The van der Waals surface area contributed by atoms with E-state index in [-0.39, 0.29) is 24.0 Å². The van der Waals surface area contributed by atoms with Gasteiger partial charge in [0, 0.05) is 32.4 Å². The number of hydrogen-bond acceptors (Lipinski definition) is 4. The van der Waals surface area contributed by atoms with Crippen molar-refractivity contribution in [2.24, 2.45) is 7.05 Å². The van der Waals surface area contributed by atoms with E-state index in [0.717, 1.165) is 11.8 Å². The number of carbonyl (C=O) groups is 1. The van der Waals surface area contributed by atoms with Gasteiger partial charge in [0.1, 0.15) is 11.9 Å². The van der Waals surface area contributed by atoms with Gasteiger partial charge in [0.15, 0.2) is 0 Å². The lowest BCUT2D eigenvalue weighted by Gasteiger charge is -2.27. The monoisotopic (exact) mass is 407 g/mol. The van der Waals surface area contributed by atoms with Gasteiger partial charge >= 0.3 is 11.9 Å². The molecule has 0 aliphatic rings. The lowest BCUT2D eigenvalue weighted by atomic mass is 10.2. The lowest BCUT2D eigenvalue weighted by molar-refractivity contribution is -0.144. The molecule has 0 saturated carbocycles. The first-order chi connectivity index (χ1) is 13.6. The molecule has 1 aromatic carbocycles. The van der Waals surface area contributed by atoms with Gasteiger partial charge in [-0.05, 0) is 36.8 Å². The number of rotatable bonds is 5. The number of aryl methyl sites for hydroxylation is 1. The van der Waals surface area contributed by atoms with Crippen LogP contribution in [0.3, 0.4) is 0 Å². The molecule has 1 atom stereocenters. The van der Waals surface area contributed by atoms with Crippen LogP contribution in [0.15, 0.2) is 41.3 Å². The SMILES string of the molecule is CC(N(C)c1ccc(CNC(=O)c2ccc3c(c2)[nH]c(=O)n3C)cn1)C(F)(F)F. The first kappa shape index (κ1) is 20.4. The number of nitrogens with one attached hydrogen (secondary N) is 2. The fraction of sp³-hybridized carbons (Fsp3) is 0.316. The summed E-state index contributed by atoms with van der Waals surface area (Å²) in [6.45, 7) is 1.22. The third kappa shape index (κ3) is 4.25. The van der Waals surface area contributed by atoms with E-state index >= 15 is 0 Å². The third-order valence-electron chi connectivity index (χ3n) is 4.84. The highest BCUT2D eigenvalue weighted by Crippen LogP contribution is 2.26. The molecule has 7 nitrogen and oxygen atoms in total. The van der Waals surface area contributed by atoms with Crippen LogP contribution >= 0.6 is 0 Å². The Balaban J connectivity index is 1.65. The molecular weight excluding hydrogens is 387 g/mol. The van der Waals surface area contributed by atoms with Crippen molar-refractivity contribution in [1.82, 2.24) is 19.9 Å². The first-order valence-electron chi connectivity index (χ1n) is 8.79. The van der Waals surface area contributed by atoms with Crippen molar-refractivity contribution >= 4 is 22.8 Å². The minimum atomic E-state index is -4.35. The molecule has 10 heteroatoms. The Morgan fingerprint density at radius 2 is 2.03 bits per heavy atom. The van der Waals surface area contributed by atoms with Crippen molar-refractivity contribution in [3.8, 4) is 0 Å². The highest BCUT2D eigenvalue weighted by atomic mass is 19.4. The van der Waals surface area contributed by atoms with E-state index in [1.165, 1.54) is 23.9 Å². The van der Waals surface area contributed by atoms with E-state index in [4.69, 9.17) is 0 Å². The predicted molar refractivity (Wildman–Crippen MR) is 103 cm³/mol. The maximum absolute atomic E-state index is 12.8. The lowest BCUT2D eigenvalue weighted by Crippen LogP contribution is -2.41. The molecule has 1 unspecified atom stereocenters. The number of amides is 1. The van der Waals surface area contributed by atoms with Crippen molar-refractivity contribution < 1.29 is 18.0 Å². The molecular formula is C19H20F3N5O2. The highest BCUT2D eigenvalue weighted by Gasteiger charge is 2.39. The number of anilines is 1. The number of benzene rings is 1. The average Bonchev–Trinajstić information content (AvgIpc) is 2.97. The molecule has 2 aromatic heterocycles. The third-order valence-corrected chi connectivity index (χ3v) is 4.84. The summed E-state index contributed by atoms with van der Waals surface area (Å²) in [7, 11) is 2.95. The Morgan fingerprint density at radius 1 is 1.31 bits per heavy atom. The van der Waals surface area contributed by atoms with Crippen LogP contribution < -0.4 is 15.9 Å². The van der Waals surface area contributed by atoms with Gasteiger partial charge in [-0.3, -0.25) is 9.36 Å². The molecule has 3 rings (SSSR count). The zero-order valence-electron chi connectivity index (χ0n) is 16.0. The number of aromatic nitrogens is 3. The van der Waals surface area contributed by atoms with E-state index in [1.54, 1.807) is 31.3 Å². The number of carbonyl (C=O) groups excluding carboxylic acids is 1. The van der Waals surface area contributed by atoms with Crippen molar-refractivity contribution in [3.05, 3.63) is 58.1 Å². The van der Waals surface area contributed by atoms with Gasteiger partial charge in [-0.15, -0.1) is 0 Å². The van der Waals surface area contributed by atoms with Gasteiger partial charge in [-0.25, -0.2) is 9.78 Å². The van der Waals surface area contributed by atoms with E-state index in [0.29, 0.717) is 22.2 Å². The Hall–Kier alpha value is -3.30. The summed E-state index contributed by atoms with van der Waals surface area (Å²) >= 11 is 0. The van der Waals surface area contributed by atoms with Crippen LogP contribution in [0.5, 0.6) is 0 Å². The molecule has 0 fully saturated rings. The smallest absolute Gasteiger partial charge is 0.348 e. The molecule has 0 saturated heterocycles. The second-order valence-corrected chi connectivity index (χ2v) is 6.76. The Bertz CT molecular complexity index is 1090. The number of alkyl halides is 3. The quantitative estimate of drug-likeness (QED) is 0.681. The van der Waals surface area contributed by atoms with Crippen molar-refractivity contribution in [3.63, 3.8) is 0 Å². The largest absolute Gasteiger partial charge is 0.408 e. The number of H-pyrrole nitrogens is 1. The molecule has 0 spiro atoms. The molecule has 0 aliphatic carbocycles. The molecule has 0 radical (unpaired) electrons. The minimum absolute atomic E-state index is 0.161. The number of aromatic amines is 1. The Morgan fingerprint density at radius 3 is 2.66 bits per heavy atom. The number of imidazole rings is 1. The molecule has 29 heavy (non-hydrogen) atoms. The van der Waals surface area contributed by atoms with Crippen LogP contribution in [-0.4, -0.2) is 39.7 Å². The van der Waals surface area contributed by atoms with Gasteiger partial charge in [-0.1, -0.05) is 6.07 Å². The summed E-state index contributed by atoms with van der Waals surface area (Å²) in [4.78, 5) is 31.8. The summed E-state index contributed by atoms with van der Waals surface area (Å²) in [6, 6.07) is 6.29.